The number of epoxide rings is 1. The molecule has 0 unspecified atom stereocenters. The lowest BCUT2D eigenvalue weighted by Gasteiger charge is -2.36. The summed E-state index contributed by atoms with van der Waals surface area (Å²) < 4.78 is 5.26. The van der Waals surface area contributed by atoms with E-state index in [9.17, 15) is 10.0 Å². The van der Waals surface area contributed by atoms with Gasteiger partial charge in [0.15, 0.2) is 0 Å². The van der Waals surface area contributed by atoms with Crippen molar-refractivity contribution in [3.05, 3.63) is 0 Å². The van der Waals surface area contributed by atoms with E-state index in [4.69, 9.17) is 9.84 Å². The number of rotatable bonds is 1. The highest BCUT2D eigenvalue weighted by Gasteiger charge is 2.84. The summed E-state index contributed by atoms with van der Waals surface area (Å²) in [5, 5.41) is 21.8. The molecule has 1 N–H and O–H groups in total. The maximum atomic E-state index is 11.9. The van der Waals surface area contributed by atoms with Crippen molar-refractivity contribution in [2.75, 3.05) is 0 Å². The quantitative estimate of drug-likeness (QED) is 0.623. The Kier molecular flexibility index (Phi) is 1.50. The van der Waals surface area contributed by atoms with E-state index in [0.29, 0.717) is 0 Å². The molecule has 0 bridgehead atoms. The van der Waals surface area contributed by atoms with Gasteiger partial charge in [0.1, 0.15) is 6.10 Å². The van der Waals surface area contributed by atoms with Gasteiger partial charge in [-0.25, -0.2) is 4.79 Å². The highest BCUT2D eigenvalue weighted by atomic mass is 16.7. The molecular weight excluding hydrogens is 186 g/mol. The maximum absolute atomic E-state index is 11.9. The fraction of sp³-hybridized carbons (Fsp3) is 0.889. The molecule has 0 aromatic rings. The van der Waals surface area contributed by atoms with E-state index >= 15 is 0 Å². The molecule has 2 heterocycles. The van der Waals surface area contributed by atoms with Gasteiger partial charge in [0.25, 0.3) is 0 Å². The van der Waals surface area contributed by atoms with Crippen LogP contribution >= 0.6 is 0 Å². The van der Waals surface area contributed by atoms with Crippen molar-refractivity contribution in [1.82, 2.24) is 5.06 Å². The van der Waals surface area contributed by atoms with E-state index in [1.807, 2.05) is 0 Å². The molecule has 0 saturated carbocycles. The molecule has 0 aromatic heterocycles. The molecule has 2 aliphatic heterocycles. The molecule has 2 aliphatic rings. The number of hydrogen-bond donors (Lipinski definition) is 1. The standard InChI is InChI=1S/C9H14NO4/c1-7(2)5-9(14-5,6(11)12)8(3,4)10(7)13/h5H,1-4H3,(H,11,12)/t5-,9-/m1/s1. The fourth-order valence-electron chi connectivity index (χ4n) is 2.66. The van der Waals surface area contributed by atoms with Crippen molar-refractivity contribution in [3.8, 4) is 0 Å². The van der Waals surface area contributed by atoms with Crippen molar-refractivity contribution < 1.29 is 19.8 Å². The molecule has 79 valence electrons. The Labute approximate surface area is 82.2 Å². The van der Waals surface area contributed by atoms with Crippen molar-refractivity contribution in [2.24, 2.45) is 0 Å². The lowest BCUT2D eigenvalue weighted by atomic mass is 9.87. The van der Waals surface area contributed by atoms with Crippen LogP contribution < -0.4 is 0 Å². The first-order chi connectivity index (χ1) is 6.19. The summed E-state index contributed by atoms with van der Waals surface area (Å²) >= 11 is 0. The van der Waals surface area contributed by atoms with Gasteiger partial charge in [-0.1, -0.05) is 0 Å². The predicted octanol–water partition coefficient (Wildman–Crippen LogP) is 0.427. The molecule has 2 saturated heterocycles. The SMILES string of the molecule is CC1(C)[C@H]2O[C@]2(C(=O)O)C(C)(C)N1[O]. The summed E-state index contributed by atoms with van der Waals surface area (Å²) in [7, 11) is 0. The summed E-state index contributed by atoms with van der Waals surface area (Å²) in [6.07, 6.45) is -0.500. The van der Waals surface area contributed by atoms with Gasteiger partial charge >= 0.3 is 5.97 Å². The van der Waals surface area contributed by atoms with Crippen LogP contribution in [0.2, 0.25) is 0 Å². The Morgan fingerprint density at radius 1 is 1.36 bits per heavy atom. The lowest BCUT2D eigenvalue weighted by molar-refractivity contribution is -0.276. The Hall–Kier alpha value is -0.650. The van der Waals surface area contributed by atoms with Crippen molar-refractivity contribution in [1.29, 1.82) is 0 Å². The Morgan fingerprint density at radius 2 is 1.86 bits per heavy atom. The van der Waals surface area contributed by atoms with Gasteiger partial charge in [-0.15, -0.1) is 10.3 Å². The van der Waals surface area contributed by atoms with Crippen molar-refractivity contribution in [2.45, 2.75) is 50.5 Å². The number of aliphatic carboxylic acids is 1. The molecular formula is C9H14NO4. The first-order valence-corrected chi connectivity index (χ1v) is 4.57. The molecule has 0 amide bonds. The molecule has 2 fully saturated rings. The molecule has 14 heavy (non-hydrogen) atoms. The topological polar surface area (TPSA) is 73.0 Å². The van der Waals surface area contributed by atoms with Crippen molar-refractivity contribution in [3.63, 3.8) is 0 Å². The summed E-state index contributed by atoms with van der Waals surface area (Å²) in [5.74, 6) is -1.04. The third-order valence-electron chi connectivity index (χ3n) is 3.52. The Bertz CT molecular complexity index is 312. The summed E-state index contributed by atoms with van der Waals surface area (Å²) in [4.78, 5) is 11.1. The van der Waals surface area contributed by atoms with Crippen LogP contribution in [0.4, 0.5) is 0 Å². The van der Waals surface area contributed by atoms with Crippen LogP contribution in [0, 0.1) is 0 Å². The summed E-state index contributed by atoms with van der Waals surface area (Å²) in [6.45, 7) is 6.65. The van der Waals surface area contributed by atoms with Gasteiger partial charge in [-0.2, -0.15) is 0 Å². The minimum Gasteiger partial charge on any atom is -0.479 e. The van der Waals surface area contributed by atoms with Crippen LogP contribution in [0.1, 0.15) is 27.7 Å². The minimum atomic E-state index is -1.31. The second kappa shape index (κ2) is 2.13. The van der Waals surface area contributed by atoms with E-state index in [1.54, 1.807) is 27.7 Å². The van der Waals surface area contributed by atoms with Crippen LogP contribution in [0.3, 0.4) is 0 Å². The third kappa shape index (κ3) is 0.711. The van der Waals surface area contributed by atoms with Crippen LogP contribution in [0.5, 0.6) is 0 Å². The number of ether oxygens (including phenoxy) is 1. The van der Waals surface area contributed by atoms with Gasteiger partial charge < -0.3 is 9.84 Å². The molecule has 0 aliphatic carbocycles. The Morgan fingerprint density at radius 3 is 2.07 bits per heavy atom. The van der Waals surface area contributed by atoms with Gasteiger partial charge in [-0.05, 0) is 27.7 Å². The number of carboxylic acid groups (broad SMARTS) is 1. The maximum Gasteiger partial charge on any atom is 0.340 e. The summed E-state index contributed by atoms with van der Waals surface area (Å²) in [6, 6.07) is 0. The molecule has 1 radical (unpaired) electrons. The zero-order valence-electron chi connectivity index (χ0n) is 8.70. The molecule has 5 nitrogen and oxygen atoms in total. The van der Waals surface area contributed by atoms with Crippen LogP contribution in [-0.2, 0) is 14.7 Å². The number of morpholine rings is 1. The van der Waals surface area contributed by atoms with E-state index < -0.39 is 28.8 Å². The first-order valence-electron chi connectivity index (χ1n) is 4.57. The van der Waals surface area contributed by atoms with Gasteiger partial charge in [0.2, 0.25) is 5.60 Å². The number of nitrogens with zero attached hydrogens (tertiary/aromatic N) is 1. The molecule has 5 heteroatoms. The van der Waals surface area contributed by atoms with Gasteiger partial charge in [0.05, 0.1) is 11.1 Å². The van der Waals surface area contributed by atoms with Crippen LogP contribution in [0.15, 0.2) is 0 Å². The van der Waals surface area contributed by atoms with E-state index in [0.717, 1.165) is 5.06 Å². The smallest absolute Gasteiger partial charge is 0.340 e. The third-order valence-corrected chi connectivity index (χ3v) is 3.52. The number of hydrogen-bond acceptors (Lipinski definition) is 3. The first kappa shape index (κ1) is 9.89. The predicted molar refractivity (Wildman–Crippen MR) is 45.9 cm³/mol. The number of fused-ring (bicyclic) bond motifs is 1. The number of carbonyl (C=O) groups is 1. The largest absolute Gasteiger partial charge is 0.479 e. The zero-order chi connectivity index (χ0) is 10.9. The second-order valence-corrected chi connectivity index (χ2v) is 5.05. The van der Waals surface area contributed by atoms with Gasteiger partial charge in [-0.3, -0.25) is 0 Å². The lowest BCUT2D eigenvalue weighted by Crippen LogP contribution is -2.55. The van der Waals surface area contributed by atoms with E-state index in [-0.39, 0.29) is 0 Å². The van der Waals surface area contributed by atoms with E-state index in [2.05, 4.69) is 0 Å². The number of carboxylic acids is 1. The monoisotopic (exact) mass is 200 g/mol. The highest BCUT2D eigenvalue weighted by molar-refractivity contribution is 5.85. The molecule has 2 atom stereocenters. The summed E-state index contributed by atoms with van der Waals surface area (Å²) in [5.41, 5.74) is -3.08. The van der Waals surface area contributed by atoms with Crippen LogP contribution in [0.25, 0.3) is 0 Å². The fourth-order valence-corrected chi connectivity index (χ4v) is 2.66. The number of hydroxylamine groups is 2. The van der Waals surface area contributed by atoms with Gasteiger partial charge in [0, 0.05) is 0 Å². The normalized spacial score (nSPS) is 43.4. The van der Waals surface area contributed by atoms with Crippen molar-refractivity contribution >= 4 is 5.97 Å². The second-order valence-electron chi connectivity index (χ2n) is 5.05. The average molecular weight is 200 g/mol. The molecule has 2 rings (SSSR count). The minimum absolute atomic E-state index is 0.500. The highest BCUT2D eigenvalue weighted by Crippen LogP contribution is 2.61. The van der Waals surface area contributed by atoms with E-state index in [1.165, 1.54) is 0 Å². The van der Waals surface area contributed by atoms with Crippen LogP contribution in [-0.4, -0.2) is 38.9 Å². The molecule has 0 spiro atoms. The Balaban J connectivity index is 2.49. The molecule has 0 aromatic carbocycles. The average Bonchev–Trinajstić information content (AvgIpc) is 2.75. The zero-order valence-corrected chi connectivity index (χ0v) is 8.70.